The normalized spacial score (nSPS) is 11.6. The number of hydrogen-bond acceptors (Lipinski definition) is 3. The molecule has 0 aliphatic carbocycles. The van der Waals surface area contributed by atoms with E-state index in [-0.39, 0.29) is 5.54 Å². The van der Waals surface area contributed by atoms with Crippen LogP contribution in [0.1, 0.15) is 45.7 Å². The third kappa shape index (κ3) is 6.13. The largest absolute Gasteiger partial charge is 0.308 e. The zero-order valence-corrected chi connectivity index (χ0v) is 13.4. The fourth-order valence-corrected chi connectivity index (χ4v) is 2.46. The van der Waals surface area contributed by atoms with Gasteiger partial charge >= 0.3 is 0 Å². The van der Waals surface area contributed by atoms with Crippen LogP contribution in [0.2, 0.25) is 0 Å². The average Bonchev–Trinajstić information content (AvgIpc) is 2.33. The quantitative estimate of drug-likeness (QED) is 0.819. The van der Waals surface area contributed by atoms with Gasteiger partial charge in [0.1, 0.15) is 6.07 Å². The van der Waals surface area contributed by atoms with Crippen molar-refractivity contribution in [2.75, 3.05) is 5.75 Å². The zero-order valence-electron chi connectivity index (χ0n) is 12.6. The van der Waals surface area contributed by atoms with Crippen molar-refractivity contribution >= 4 is 11.8 Å². The van der Waals surface area contributed by atoms with Crippen molar-refractivity contribution in [3.8, 4) is 6.07 Å². The zero-order chi connectivity index (χ0) is 14.5. The fraction of sp³-hybridized carbons (Fsp3) is 0.562. The monoisotopic (exact) mass is 276 g/mol. The van der Waals surface area contributed by atoms with Gasteiger partial charge in [0.05, 0.1) is 5.56 Å². The van der Waals surface area contributed by atoms with Gasteiger partial charge in [0.2, 0.25) is 0 Å². The summed E-state index contributed by atoms with van der Waals surface area (Å²) in [5.41, 5.74) is 2.05. The molecule has 0 amide bonds. The molecule has 0 saturated heterocycles. The molecule has 2 nitrogen and oxygen atoms in total. The standard InChI is InChI=1S/C16H24N2S/c1-12(2)11-19-15-7-6-13(8-14(15)9-17)10-18-16(3,4)5/h6-8,12,18H,10-11H2,1-5H3. The van der Waals surface area contributed by atoms with Crippen LogP contribution in [0.4, 0.5) is 0 Å². The summed E-state index contributed by atoms with van der Waals surface area (Å²) in [7, 11) is 0. The second kappa shape index (κ2) is 6.98. The molecular weight excluding hydrogens is 252 g/mol. The number of benzene rings is 1. The highest BCUT2D eigenvalue weighted by Gasteiger charge is 2.10. The van der Waals surface area contributed by atoms with Crippen LogP contribution in [0.3, 0.4) is 0 Å². The molecule has 0 fully saturated rings. The molecular formula is C16H24N2S. The average molecular weight is 276 g/mol. The van der Waals surface area contributed by atoms with Crippen molar-refractivity contribution in [3.05, 3.63) is 29.3 Å². The van der Waals surface area contributed by atoms with E-state index >= 15 is 0 Å². The van der Waals surface area contributed by atoms with Crippen molar-refractivity contribution in [1.29, 1.82) is 5.26 Å². The van der Waals surface area contributed by atoms with Gasteiger partial charge in [-0.05, 0) is 44.4 Å². The van der Waals surface area contributed by atoms with Crippen LogP contribution in [0.25, 0.3) is 0 Å². The third-order valence-electron chi connectivity index (χ3n) is 2.56. The molecule has 0 saturated carbocycles. The molecule has 3 heteroatoms. The van der Waals surface area contributed by atoms with Crippen LogP contribution < -0.4 is 5.32 Å². The summed E-state index contributed by atoms with van der Waals surface area (Å²) in [6, 6.07) is 8.50. The summed E-state index contributed by atoms with van der Waals surface area (Å²) >= 11 is 1.77. The summed E-state index contributed by atoms with van der Waals surface area (Å²) in [4.78, 5) is 1.09. The SMILES string of the molecule is CC(C)CSc1ccc(CNC(C)(C)C)cc1C#N. The van der Waals surface area contributed by atoms with E-state index in [9.17, 15) is 5.26 Å². The molecule has 0 aliphatic rings. The van der Waals surface area contributed by atoms with Gasteiger partial charge in [-0.15, -0.1) is 11.8 Å². The van der Waals surface area contributed by atoms with E-state index in [1.165, 1.54) is 5.56 Å². The lowest BCUT2D eigenvalue weighted by Gasteiger charge is -2.20. The van der Waals surface area contributed by atoms with E-state index in [0.29, 0.717) is 5.92 Å². The first-order chi connectivity index (χ1) is 8.81. The molecule has 104 valence electrons. The molecule has 0 unspecified atom stereocenters. The smallest absolute Gasteiger partial charge is 0.100 e. The van der Waals surface area contributed by atoms with E-state index in [0.717, 1.165) is 22.8 Å². The lowest BCUT2D eigenvalue weighted by Crippen LogP contribution is -2.35. The lowest BCUT2D eigenvalue weighted by atomic mass is 10.1. The van der Waals surface area contributed by atoms with Crippen LogP contribution >= 0.6 is 11.8 Å². The Bertz CT molecular complexity index is 453. The van der Waals surface area contributed by atoms with E-state index < -0.39 is 0 Å². The van der Waals surface area contributed by atoms with Gasteiger partial charge in [0.15, 0.2) is 0 Å². The summed E-state index contributed by atoms with van der Waals surface area (Å²) in [5.74, 6) is 1.69. The van der Waals surface area contributed by atoms with Gasteiger partial charge in [-0.3, -0.25) is 0 Å². The van der Waals surface area contributed by atoms with Gasteiger partial charge in [-0.2, -0.15) is 5.26 Å². The van der Waals surface area contributed by atoms with Gasteiger partial charge < -0.3 is 5.32 Å². The molecule has 0 spiro atoms. The minimum atomic E-state index is 0.0951. The molecule has 0 aliphatic heterocycles. The second-order valence-electron chi connectivity index (χ2n) is 6.25. The minimum absolute atomic E-state index is 0.0951. The predicted octanol–water partition coefficient (Wildman–Crippen LogP) is 4.19. The Morgan fingerprint density at radius 2 is 2.00 bits per heavy atom. The Hall–Kier alpha value is -0.980. The molecule has 1 aromatic rings. The van der Waals surface area contributed by atoms with E-state index in [1.54, 1.807) is 11.8 Å². The van der Waals surface area contributed by atoms with Crippen LogP contribution in [-0.4, -0.2) is 11.3 Å². The summed E-state index contributed by atoms with van der Waals surface area (Å²) < 4.78 is 0. The van der Waals surface area contributed by atoms with Gasteiger partial charge in [0, 0.05) is 22.7 Å². The van der Waals surface area contributed by atoms with Crippen LogP contribution in [0, 0.1) is 17.2 Å². The minimum Gasteiger partial charge on any atom is -0.308 e. The molecule has 1 aromatic carbocycles. The van der Waals surface area contributed by atoms with Gasteiger partial charge in [-0.1, -0.05) is 19.9 Å². The summed E-state index contributed by atoms with van der Waals surface area (Å²) in [6.07, 6.45) is 0. The highest BCUT2D eigenvalue weighted by molar-refractivity contribution is 7.99. The molecule has 1 rings (SSSR count). The van der Waals surface area contributed by atoms with Crippen LogP contribution in [0.15, 0.2) is 23.1 Å². The Morgan fingerprint density at radius 1 is 1.32 bits per heavy atom. The molecule has 0 atom stereocenters. The highest BCUT2D eigenvalue weighted by atomic mass is 32.2. The third-order valence-corrected chi connectivity index (χ3v) is 4.06. The van der Waals surface area contributed by atoms with E-state index in [2.05, 4.69) is 58.1 Å². The number of nitrogens with zero attached hydrogens (tertiary/aromatic N) is 1. The molecule has 1 N–H and O–H groups in total. The first kappa shape index (κ1) is 16.1. The second-order valence-corrected chi connectivity index (χ2v) is 7.31. The number of nitrogens with one attached hydrogen (secondary N) is 1. The Balaban J connectivity index is 2.76. The van der Waals surface area contributed by atoms with Crippen molar-refractivity contribution in [2.45, 2.75) is 51.6 Å². The maximum absolute atomic E-state index is 9.25. The highest BCUT2D eigenvalue weighted by Crippen LogP contribution is 2.25. The first-order valence-corrected chi connectivity index (χ1v) is 7.71. The molecule has 19 heavy (non-hydrogen) atoms. The van der Waals surface area contributed by atoms with E-state index in [4.69, 9.17) is 0 Å². The maximum Gasteiger partial charge on any atom is 0.100 e. The van der Waals surface area contributed by atoms with E-state index in [1.807, 2.05) is 6.07 Å². The molecule has 0 aromatic heterocycles. The summed E-state index contributed by atoms with van der Waals surface area (Å²) in [6.45, 7) is 11.6. The van der Waals surface area contributed by atoms with Crippen molar-refractivity contribution in [1.82, 2.24) is 5.32 Å². The van der Waals surface area contributed by atoms with Crippen molar-refractivity contribution in [3.63, 3.8) is 0 Å². The number of nitriles is 1. The Labute approximate surface area is 121 Å². The lowest BCUT2D eigenvalue weighted by molar-refractivity contribution is 0.424. The number of thioether (sulfide) groups is 1. The first-order valence-electron chi connectivity index (χ1n) is 6.72. The Morgan fingerprint density at radius 3 is 2.53 bits per heavy atom. The number of hydrogen-bond donors (Lipinski definition) is 1. The molecule has 0 radical (unpaired) electrons. The maximum atomic E-state index is 9.25. The Kier molecular flexibility index (Phi) is 5.90. The summed E-state index contributed by atoms with van der Waals surface area (Å²) in [5, 5.41) is 12.7. The number of rotatable bonds is 5. The van der Waals surface area contributed by atoms with Crippen LogP contribution in [-0.2, 0) is 6.54 Å². The molecule has 0 heterocycles. The van der Waals surface area contributed by atoms with Crippen molar-refractivity contribution in [2.24, 2.45) is 5.92 Å². The predicted molar refractivity (Wildman–Crippen MR) is 83.3 cm³/mol. The topological polar surface area (TPSA) is 35.8 Å². The van der Waals surface area contributed by atoms with Gasteiger partial charge in [-0.25, -0.2) is 0 Å². The fourth-order valence-electron chi connectivity index (χ4n) is 1.52. The van der Waals surface area contributed by atoms with Crippen molar-refractivity contribution < 1.29 is 0 Å². The van der Waals surface area contributed by atoms with Gasteiger partial charge in [0.25, 0.3) is 0 Å². The van der Waals surface area contributed by atoms with Crippen LogP contribution in [0.5, 0.6) is 0 Å². The molecule has 0 bridgehead atoms.